The third-order valence-corrected chi connectivity index (χ3v) is 3.01. The number of carbonyl (C=O) groups is 2. The fourth-order valence-corrected chi connectivity index (χ4v) is 1.94. The van der Waals surface area contributed by atoms with Gasteiger partial charge < -0.3 is 9.40 Å². The van der Waals surface area contributed by atoms with Gasteiger partial charge in [0, 0.05) is 11.3 Å². The quantitative estimate of drug-likeness (QED) is 0.666. The van der Waals surface area contributed by atoms with Crippen LogP contribution in [0.2, 0.25) is 0 Å². The second-order valence-corrected chi connectivity index (χ2v) is 4.37. The Hall–Kier alpha value is -2.94. The van der Waals surface area contributed by atoms with E-state index in [0.717, 1.165) is 0 Å². The van der Waals surface area contributed by atoms with Gasteiger partial charge in [-0.15, -0.1) is 0 Å². The molecule has 0 aromatic carbocycles. The first-order valence-electron chi connectivity index (χ1n) is 6.33. The van der Waals surface area contributed by atoms with Gasteiger partial charge in [0.2, 0.25) is 5.78 Å². The lowest BCUT2D eigenvalue weighted by atomic mass is 10.0. The van der Waals surface area contributed by atoms with E-state index in [0.29, 0.717) is 12.1 Å². The summed E-state index contributed by atoms with van der Waals surface area (Å²) < 4.78 is 4.94. The standard InChI is InChI=1S/C15H12N2O4/c1-2-11-10(6-9(8-16)15(20)17-11)12(18)7-13(19)14-4-3-5-21-14/h3-6H,2,7H2,1H3,(H,17,20). The van der Waals surface area contributed by atoms with Crippen LogP contribution in [0.3, 0.4) is 0 Å². The molecule has 0 aliphatic heterocycles. The molecule has 2 aromatic rings. The molecule has 106 valence electrons. The normalized spacial score (nSPS) is 10.1. The summed E-state index contributed by atoms with van der Waals surface area (Å²) >= 11 is 0. The molecule has 0 saturated carbocycles. The molecule has 0 spiro atoms. The second-order valence-electron chi connectivity index (χ2n) is 4.37. The number of aromatic nitrogens is 1. The van der Waals surface area contributed by atoms with E-state index in [2.05, 4.69) is 4.98 Å². The van der Waals surface area contributed by atoms with Crippen LogP contribution in [-0.2, 0) is 6.42 Å². The summed E-state index contributed by atoms with van der Waals surface area (Å²) in [6.07, 6.45) is 1.39. The Kier molecular flexibility index (Phi) is 4.14. The lowest BCUT2D eigenvalue weighted by Gasteiger charge is -2.06. The molecular formula is C15H12N2O4. The van der Waals surface area contributed by atoms with Crippen LogP contribution in [0, 0.1) is 11.3 Å². The molecule has 6 heteroatoms. The van der Waals surface area contributed by atoms with E-state index in [9.17, 15) is 14.4 Å². The summed E-state index contributed by atoms with van der Waals surface area (Å²) in [4.78, 5) is 38.1. The first kappa shape index (κ1) is 14.5. The Labute approximate surface area is 120 Å². The van der Waals surface area contributed by atoms with Gasteiger partial charge in [-0.25, -0.2) is 0 Å². The number of rotatable bonds is 5. The molecule has 0 fully saturated rings. The topological polar surface area (TPSA) is 104 Å². The molecule has 2 aromatic heterocycles. The number of hydrogen-bond donors (Lipinski definition) is 1. The number of ketones is 2. The van der Waals surface area contributed by atoms with Crippen LogP contribution in [0.25, 0.3) is 0 Å². The van der Waals surface area contributed by atoms with Crippen LogP contribution in [0.15, 0.2) is 33.7 Å². The molecule has 0 bridgehead atoms. The Morgan fingerprint density at radius 2 is 2.14 bits per heavy atom. The third-order valence-electron chi connectivity index (χ3n) is 3.01. The molecule has 0 aliphatic rings. The predicted octanol–water partition coefficient (Wildman–Crippen LogP) is 1.86. The number of aryl methyl sites for hydroxylation is 1. The van der Waals surface area contributed by atoms with Crippen molar-refractivity contribution < 1.29 is 14.0 Å². The smallest absolute Gasteiger partial charge is 0.266 e. The fraction of sp³-hybridized carbons (Fsp3) is 0.200. The summed E-state index contributed by atoms with van der Waals surface area (Å²) in [5, 5.41) is 8.86. The van der Waals surface area contributed by atoms with Crippen molar-refractivity contribution in [2.75, 3.05) is 0 Å². The van der Waals surface area contributed by atoms with E-state index in [1.807, 2.05) is 0 Å². The summed E-state index contributed by atoms with van der Waals surface area (Å²) in [6, 6.07) is 5.99. The summed E-state index contributed by atoms with van der Waals surface area (Å²) in [6.45, 7) is 1.77. The second kappa shape index (κ2) is 6.01. The largest absolute Gasteiger partial charge is 0.461 e. The number of pyridine rings is 1. The van der Waals surface area contributed by atoms with Gasteiger partial charge in [-0.3, -0.25) is 14.4 Å². The molecule has 0 aliphatic carbocycles. The maximum atomic E-state index is 12.2. The number of furan rings is 1. The van der Waals surface area contributed by atoms with Crippen molar-refractivity contribution in [3.8, 4) is 6.07 Å². The minimum Gasteiger partial charge on any atom is -0.461 e. The minimum absolute atomic E-state index is 0.103. The van der Waals surface area contributed by atoms with Crippen molar-refractivity contribution >= 4 is 11.6 Å². The SMILES string of the molecule is CCc1[nH]c(=O)c(C#N)cc1C(=O)CC(=O)c1ccco1. The van der Waals surface area contributed by atoms with E-state index in [1.54, 1.807) is 19.1 Å². The zero-order valence-corrected chi connectivity index (χ0v) is 11.3. The van der Waals surface area contributed by atoms with Crippen molar-refractivity contribution in [1.82, 2.24) is 4.98 Å². The highest BCUT2D eigenvalue weighted by atomic mass is 16.3. The van der Waals surface area contributed by atoms with Crippen LogP contribution in [0.5, 0.6) is 0 Å². The highest BCUT2D eigenvalue weighted by Gasteiger charge is 2.19. The van der Waals surface area contributed by atoms with Crippen molar-refractivity contribution in [2.45, 2.75) is 19.8 Å². The van der Waals surface area contributed by atoms with E-state index in [-0.39, 0.29) is 23.3 Å². The van der Waals surface area contributed by atoms with Crippen LogP contribution >= 0.6 is 0 Å². The molecule has 1 N–H and O–H groups in total. The van der Waals surface area contributed by atoms with E-state index in [1.165, 1.54) is 18.4 Å². The van der Waals surface area contributed by atoms with Crippen molar-refractivity contribution in [2.24, 2.45) is 0 Å². The van der Waals surface area contributed by atoms with Gasteiger partial charge >= 0.3 is 0 Å². The highest BCUT2D eigenvalue weighted by Crippen LogP contribution is 2.13. The Bertz CT molecular complexity index is 779. The van der Waals surface area contributed by atoms with Gasteiger partial charge in [0.1, 0.15) is 11.6 Å². The van der Waals surface area contributed by atoms with E-state index in [4.69, 9.17) is 9.68 Å². The fourth-order valence-electron chi connectivity index (χ4n) is 1.94. The zero-order chi connectivity index (χ0) is 15.4. The van der Waals surface area contributed by atoms with Gasteiger partial charge in [-0.1, -0.05) is 6.92 Å². The minimum atomic E-state index is -0.539. The van der Waals surface area contributed by atoms with Crippen molar-refractivity contribution in [3.63, 3.8) is 0 Å². The molecule has 6 nitrogen and oxygen atoms in total. The molecule has 0 saturated heterocycles. The third kappa shape index (κ3) is 2.98. The number of nitriles is 1. The molecule has 0 unspecified atom stereocenters. The van der Waals surface area contributed by atoms with Crippen LogP contribution in [-0.4, -0.2) is 16.6 Å². The Morgan fingerprint density at radius 1 is 1.38 bits per heavy atom. The lowest BCUT2D eigenvalue weighted by molar-refractivity contribution is 0.0877. The monoisotopic (exact) mass is 284 g/mol. The molecule has 0 radical (unpaired) electrons. The number of aromatic amines is 1. The average molecular weight is 284 g/mol. The van der Waals surface area contributed by atoms with Crippen LogP contribution < -0.4 is 5.56 Å². The maximum Gasteiger partial charge on any atom is 0.266 e. The summed E-state index contributed by atoms with van der Waals surface area (Å²) in [5.41, 5.74) is -0.0888. The van der Waals surface area contributed by atoms with Crippen molar-refractivity contribution in [1.29, 1.82) is 5.26 Å². The number of nitrogens with zero attached hydrogens (tertiary/aromatic N) is 1. The number of nitrogens with one attached hydrogen (secondary N) is 1. The highest BCUT2D eigenvalue weighted by molar-refractivity contribution is 6.13. The maximum absolute atomic E-state index is 12.2. The van der Waals surface area contributed by atoms with Crippen LogP contribution in [0.1, 0.15) is 45.5 Å². The zero-order valence-electron chi connectivity index (χ0n) is 11.3. The Morgan fingerprint density at radius 3 is 2.71 bits per heavy atom. The molecule has 0 amide bonds. The first-order valence-corrected chi connectivity index (χ1v) is 6.33. The Balaban J connectivity index is 2.33. The summed E-state index contributed by atoms with van der Waals surface area (Å²) in [5.74, 6) is -0.802. The van der Waals surface area contributed by atoms with Crippen molar-refractivity contribution in [3.05, 3.63) is 57.4 Å². The molecule has 2 rings (SSSR count). The summed E-state index contributed by atoms with van der Waals surface area (Å²) in [7, 11) is 0. The molecule has 2 heterocycles. The molecule has 0 atom stereocenters. The molecular weight excluding hydrogens is 272 g/mol. The molecule has 21 heavy (non-hydrogen) atoms. The predicted molar refractivity (Wildman–Crippen MR) is 73.1 cm³/mol. The first-order chi connectivity index (χ1) is 10.1. The van der Waals surface area contributed by atoms with Gasteiger partial charge in [0.05, 0.1) is 12.7 Å². The van der Waals surface area contributed by atoms with E-state index < -0.39 is 17.1 Å². The van der Waals surface area contributed by atoms with Crippen LogP contribution in [0.4, 0.5) is 0 Å². The van der Waals surface area contributed by atoms with Gasteiger partial charge in [-0.2, -0.15) is 5.26 Å². The lowest BCUT2D eigenvalue weighted by Crippen LogP contribution is -2.18. The average Bonchev–Trinajstić information content (AvgIpc) is 3.00. The van der Waals surface area contributed by atoms with Gasteiger partial charge in [0.25, 0.3) is 5.56 Å². The van der Waals surface area contributed by atoms with E-state index >= 15 is 0 Å². The van der Waals surface area contributed by atoms with Gasteiger partial charge in [0.15, 0.2) is 11.5 Å². The number of carbonyl (C=O) groups excluding carboxylic acids is 2. The number of hydrogen-bond acceptors (Lipinski definition) is 5. The number of Topliss-reactive ketones (excluding diaryl/α,β-unsaturated/α-hetero) is 2. The number of H-pyrrole nitrogens is 1. The van der Waals surface area contributed by atoms with Gasteiger partial charge in [-0.05, 0) is 24.6 Å².